The molecule has 3 heteroatoms. The predicted octanol–water partition coefficient (Wildman–Crippen LogP) is 2.36. The van der Waals surface area contributed by atoms with Crippen LogP contribution in [0.5, 0.6) is 0 Å². The van der Waals surface area contributed by atoms with E-state index in [1.807, 2.05) is 6.92 Å². The second-order valence-corrected chi connectivity index (χ2v) is 6.65. The van der Waals surface area contributed by atoms with Crippen molar-refractivity contribution in [3.63, 3.8) is 0 Å². The number of carboxylic acids is 1. The molecule has 1 aliphatic carbocycles. The minimum Gasteiger partial charge on any atom is -0.481 e. The van der Waals surface area contributed by atoms with Crippen molar-refractivity contribution in [2.45, 2.75) is 52.5 Å². The second kappa shape index (κ2) is 3.73. The molecule has 0 aromatic carbocycles. The molecule has 0 bridgehead atoms. The number of aliphatic carboxylic acids is 1. The van der Waals surface area contributed by atoms with Crippen LogP contribution in [0.15, 0.2) is 0 Å². The molecular formula is C13H23NO2. The Labute approximate surface area is 97.8 Å². The Balaban J connectivity index is 1.97. The van der Waals surface area contributed by atoms with Crippen molar-refractivity contribution in [3.05, 3.63) is 0 Å². The van der Waals surface area contributed by atoms with Crippen LogP contribution in [0.2, 0.25) is 0 Å². The third-order valence-electron chi connectivity index (χ3n) is 4.48. The van der Waals surface area contributed by atoms with Crippen molar-refractivity contribution >= 4 is 5.97 Å². The van der Waals surface area contributed by atoms with Crippen molar-refractivity contribution < 1.29 is 9.90 Å². The first-order valence-corrected chi connectivity index (χ1v) is 6.30. The highest BCUT2D eigenvalue weighted by Crippen LogP contribution is 2.42. The molecule has 92 valence electrons. The molecule has 0 aromatic rings. The summed E-state index contributed by atoms with van der Waals surface area (Å²) in [6.07, 6.45) is 4.54. The van der Waals surface area contributed by atoms with Gasteiger partial charge in [0.1, 0.15) is 0 Å². The van der Waals surface area contributed by atoms with Gasteiger partial charge >= 0.3 is 5.97 Å². The SMILES string of the molecule is CC1(C)CCC(N2CCC(C)(C(=O)O)C2)C1. The summed E-state index contributed by atoms with van der Waals surface area (Å²) >= 11 is 0. The van der Waals surface area contributed by atoms with E-state index in [4.69, 9.17) is 0 Å². The monoisotopic (exact) mass is 225 g/mol. The highest BCUT2D eigenvalue weighted by Gasteiger charge is 2.44. The Hall–Kier alpha value is -0.570. The molecule has 1 saturated carbocycles. The largest absolute Gasteiger partial charge is 0.481 e. The van der Waals surface area contributed by atoms with E-state index in [1.54, 1.807) is 0 Å². The van der Waals surface area contributed by atoms with Crippen molar-refractivity contribution in [3.8, 4) is 0 Å². The summed E-state index contributed by atoms with van der Waals surface area (Å²) in [6.45, 7) is 8.22. The minimum absolute atomic E-state index is 0.451. The van der Waals surface area contributed by atoms with Gasteiger partial charge in [0.25, 0.3) is 0 Å². The van der Waals surface area contributed by atoms with Crippen LogP contribution in [-0.2, 0) is 4.79 Å². The standard InChI is InChI=1S/C13H23NO2/c1-12(2)5-4-10(8-12)14-7-6-13(3,9-14)11(15)16/h10H,4-9H2,1-3H3,(H,15,16). The van der Waals surface area contributed by atoms with Crippen LogP contribution in [0.1, 0.15) is 46.5 Å². The summed E-state index contributed by atoms with van der Waals surface area (Å²) in [7, 11) is 0. The highest BCUT2D eigenvalue weighted by molar-refractivity contribution is 5.74. The Bertz CT molecular complexity index is 300. The first-order chi connectivity index (χ1) is 7.32. The third kappa shape index (κ3) is 2.10. The summed E-state index contributed by atoms with van der Waals surface area (Å²) < 4.78 is 0. The zero-order valence-electron chi connectivity index (χ0n) is 10.6. The van der Waals surface area contributed by atoms with Gasteiger partial charge < -0.3 is 5.11 Å². The normalized spacial score (nSPS) is 39.1. The summed E-state index contributed by atoms with van der Waals surface area (Å²) in [5, 5.41) is 9.21. The maximum absolute atomic E-state index is 11.2. The van der Waals surface area contributed by atoms with E-state index in [9.17, 15) is 9.90 Å². The van der Waals surface area contributed by atoms with Gasteiger partial charge in [0.2, 0.25) is 0 Å². The molecular weight excluding hydrogens is 202 g/mol. The zero-order chi connectivity index (χ0) is 12.0. The van der Waals surface area contributed by atoms with E-state index in [0.717, 1.165) is 19.5 Å². The fraction of sp³-hybridized carbons (Fsp3) is 0.923. The molecule has 2 rings (SSSR count). The van der Waals surface area contributed by atoms with Gasteiger partial charge in [-0.05, 0) is 44.6 Å². The van der Waals surface area contributed by atoms with Gasteiger partial charge in [-0.3, -0.25) is 9.69 Å². The van der Waals surface area contributed by atoms with Gasteiger partial charge in [-0.15, -0.1) is 0 Å². The van der Waals surface area contributed by atoms with E-state index >= 15 is 0 Å². The fourth-order valence-electron chi connectivity index (χ4n) is 3.19. The maximum Gasteiger partial charge on any atom is 0.310 e. The molecule has 16 heavy (non-hydrogen) atoms. The van der Waals surface area contributed by atoms with Gasteiger partial charge in [-0.2, -0.15) is 0 Å². The van der Waals surface area contributed by atoms with Gasteiger partial charge in [0.15, 0.2) is 0 Å². The smallest absolute Gasteiger partial charge is 0.310 e. The van der Waals surface area contributed by atoms with Gasteiger partial charge in [-0.1, -0.05) is 13.8 Å². The van der Waals surface area contributed by atoms with Crippen LogP contribution in [0.3, 0.4) is 0 Å². The fourth-order valence-corrected chi connectivity index (χ4v) is 3.19. The lowest BCUT2D eigenvalue weighted by atomic mass is 9.90. The predicted molar refractivity (Wildman–Crippen MR) is 63.4 cm³/mol. The van der Waals surface area contributed by atoms with Gasteiger partial charge in [0, 0.05) is 12.6 Å². The number of nitrogens with zero attached hydrogens (tertiary/aromatic N) is 1. The first kappa shape index (κ1) is 11.9. The average Bonchev–Trinajstić information content (AvgIpc) is 2.70. The number of carbonyl (C=O) groups is 1. The lowest BCUT2D eigenvalue weighted by Crippen LogP contribution is -2.36. The molecule has 2 fully saturated rings. The topological polar surface area (TPSA) is 40.5 Å². The van der Waals surface area contributed by atoms with Crippen LogP contribution in [0, 0.1) is 10.8 Å². The van der Waals surface area contributed by atoms with Crippen molar-refractivity contribution in [1.29, 1.82) is 0 Å². The summed E-state index contributed by atoms with van der Waals surface area (Å²) in [5.41, 5.74) is -0.0559. The van der Waals surface area contributed by atoms with E-state index in [1.165, 1.54) is 19.3 Å². The van der Waals surface area contributed by atoms with Gasteiger partial charge in [-0.25, -0.2) is 0 Å². The molecule has 1 N–H and O–H groups in total. The Morgan fingerprint density at radius 1 is 1.31 bits per heavy atom. The van der Waals surface area contributed by atoms with Crippen LogP contribution in [-0.4, -0.2) is 35.1 Å². The second-order valence-electron chi connectivity index (χ2n) is 6.65. The maximum atomic E-state index is 11.2. The van der Waals surface area contributed by atoms with Crippen LogP contribution < -0.4 is 0 Å². The molecule has 2 aliphatic rings. The zero-order valence-corrected chi connectivity index (χ0v) is 10.6. The molecule has 0 aromatic heterocycles. The van der Waals surface area contributed by atoms with E-state index < -0.39 is 11.4 Å². The molecule has 0 spiro atoms. The third-order valence-corrected chi connectivity index (χ3v) is 4.48. The molecule has 1 heterocycles. The lowest BCUT2D eigenvalue weighted by Gasteiger charge is -2.27. The minimum atomic E-state index is -0.632. The average molecular weight is 225 g/mol. The first-order valence-electron chi connectivity index (χ1n) is 6.30. The van der Waals surface area contributed by atoms with Gasteiger partial charge in [0.05, 0.1) is 5.41 Å². The van der Waals surface area contributed by atoms with Crippen molar-refractivity contribution in [2.75, 3.05) is 13.1 Å². The summed E-state index contributed by atoms with van der Waals surface area (Å²) in [4.78, 5) is 13.6. The number of rotatable bonds is 2. The number of likely N-dealkylation sites (tertiary alicyclic amines) is 1. The van der Waals surface area contributed by atoms with E-state index in [-0.39, 0.29) is 0 Å². The number of hydrogen-bond donors (Lipinski definition) is 1. The van der Waals surface area contributed by atoms with Crippen LogP contribution in [0.4, 0.5) is 0 Å². The molecule has 2 atom stereocenters. The summed E-state index contributed by atoms with van der Waals surface area (Å²) in [5.74, 6) is -0.632. The quantitative estimate of drug-likeness (QED) is 0.784. The van der Waals surface area contributed by atoms with E-state index in [0.29, 0.717) is 11.5 Å². The van der Waals surface area contributed by atoms with Crippen molar-refractivity contribution in [2.24, 2.45) is 10.8 Å². The highest BCUT2D eigenvalue weighted by atomic mass is 16.4. The molecule has 0 amide bonds. The molecule has 3 nitrogen and oxygen atoms in total. The molecule has 1 aliphatic heterocycles. The van der Waals surface area contributed by atoms with Crippen LogP contribution >= 0.6 is 0 Å². The lowest BCUT2D eigenvalue weighted by molar-refractivity contribution is -0.147. The van der Waals surface area contributed by atoms with Crippen LogP contribution in [0.25, 0.3) is 0 Å². The Morgan fingerprint density at radius 3 is 2.44 bits per heavy atom. The van der Waals surface area contributed by atoms with E-state index in [2.05, 4.69) is 18.7 Å². The van der Waals surface area contributed by atoms with Crippen molar-refractivity contribution in [1.82, 2.24) is 4.90 Å². The Kier molecular flexibility index (Phi) is 2.77. The Morgan fingerprint density at radius 2 is 2.00 bits per heavy atom. The molecule has 2 unspecified atom stereocenters. The number of carboxylic acid groups (broad SMARTS) is 1. The summed E-state index contributed by atoms with van der Waals surface area (Å²) in [6, 6.07) is 0.621. The molecule has 1 saturated heterocycles. The molecule has 0 radical (unpaired) electrons. The number of hydrogen-bond acceptors (Lipinski definition) is 2.